The fraction of sp³-hybridized carbons (Fsp3) is 0.300. The number of aromatic nitrogens is 1. The van der Waals surface area contributed by atoms with Gasteiger partial charge in [0, 0.05) is 18.1 Å². The Bertz CT molecular complexity index is 341. The van der Waals surface area contributed by atoms with Gasteiger partial charge in [-0.2, -0.15) is 0 Å². The first-order valence-corrected chi connectivity index (χ1v) is 4.68. The molecular formula is C10H14BNO3. The van der Waals surface area contributed by atoms with Crippen LogP contribution in [0.15, 0.2) is 30.6 Å². The molecule has 0 fully saturated rings. The van der Waals surface area contributed by atoms with Crippen molar-refractivity contribution >= 4 is 12.6 Å². The first kappa shape index (κ1) is 11.7. The van der Waals surface area contributed by atoms with Gasteiger partial charge in [-0.3, -0.25) is 4.98 Å². The molecule has 0 atom stereocenters. The summed E-state index contributed by atoms with van der Waals surface area (Å²) in [7, 11) is -1.51. The molecule has 1 aromatic heterocycles. The summed E-state index contributed by atoms with van der Waals surface area (Å²) >= 11 is 0. The van der Waals surface area contributed by atoms with Gasteiger partial charge >= 0.3 is 7.12 Å². The Morgan fingerprint density at radius 2 is 2.27 bits per heavy atom. The highest BCUT2D eigenvalue weighted by molar-refractivity contribution is 6.58. The minimum absolute atomic E-state index is 0.322. The van der Waals surface area contributed by atoms with Crippen molar-refractivity contribution in [1.82, 2.24) is 4.98 Å². The lowest BCUT2D eigenvalue weighted by Gasteiger charge is -2.06. The summed E-state index contributed by atoms with van der Waals surface area (Å²) in [6.45, 7) is 6.20. The van der Waals surface area contributed by atoms with Gasteiger partial charge in [0.15, 0.2) is 0 Å². The van der Waals surface area contributed by atoms with E-state index in [4.69, 9.17) is 14.8 Å². The summed E-state index contributed by atoms with van der Waals surface area (Å²) in [6, 6.07) is 1.55. The van der Waals surface area contributed by atoms with Gasteiger partial charge in [-0.1, -0.05) is 5.57 Å². The van der Waals surface area contributed by atoms with E-state index in [0.717, 1.165) is 12.0 Å². The van der Waals surface area contributed by atoms with Crippen molar-refractivity contribution < 1.29 is 14.8 Å². The molecule has 1 heterocycles. The summed E-state index contributed by atoms with van der Waals surface area (Å²) in [5.74, 6) is 0.529. The number of hydrogen-bond acceptors (Lipinski definition) is 4. The third-order valence-electron chi connectivity index (χ3n) is 1.83. The van der Waals surface area contributed by atoms with Crippen LogP contribution in [0.3, 0.4) is 0 Å². The molecule has 2 N–H and O–H groups in total. The summed E-state index contributed by atoms with van der Waals surface area (Å²) in [5.41, 5.74) is 1.36. The van der Waals surface area contributed by atoms with Crippen molar-refractivity contribution in [2.45, 2.75) is 13.3 Å². The average Bonchev–Trinajstić information content (AvgIpc) is 2.17. The zero-order valence-electron chi connectivity index (χ0n) is 8.68. The zero-order chi connectivity index (χ0) is 11.3. The predicted molar refractivity (Wildman–Crippen MR) is 59.0 cm³/mol. The molecule has 0 radical (unpaired) electrons. The van der Waals surface area contributed by atoms with E-state index in [2.05, 4.69) is 11.6 Å². The third kappa shape index (κ3) is 4.14. The molecule has 4 nitrogen and oxygen atoms in total. The molecule has 0 aliphatic carbocycles. The number of nitrogens with zero attached hydrogens (tertiary/aromatic N) is 1. The van der Waals surface area contributed by atoms with E-state index in [1.54, 1.807) is 6.07 Å². The van der Waals surface area contributed by atoms with Crippen LogP contribution in [0.5, 0.6) is 5.75 Å². The van der Waals surface area contributed by atoms with Gasteiger partial charge < -0.3 is 14.8 Å². The SMILES string of the molecule is C=C(C)CCOc1cncc(B(O)O)c1. The Labute approximate surface area is 89.4 Å². The molecule has 1 rings (SSSR count). The van der Waals surface area contributed by atoms with E-state index in [9.17, 15) is 0 Å². The second-order valence-electron chi connectivity index (χ2n) is 3.38. The first-order chi connectivity index (χ1) is 7.09. The fourth-order valence-electron chi connectivity index (χ4n) is 0.999. The minimum Gasteiger partial charge on any atom is -0.492 e. The summed E-state index contributed by atoms with van der Waals surface area (Å²) in [5, 5.41) is 17.8. The van der Waals surface area contributed by atoms with Crippen LogP contribution in [0.2, 0.25) is 0 Å². The van der Waals surface area contributed by atoms with Crippen LogP contribution in [0.4, 0.5) is 0 Å². The van der Waals surface area contributed by atoms with E-state index in [1.165, 1.54) is 12.4 Å². The van der Waals surface area contributed by atoms with Crippen molar-refractivity contribution in [2.75, 3.05) is 6.61 Å². The summed E-state index contributed by atoms with van der Waals surface area (Å²) in [6.07, 6.45) is 3.69. The van der Waals surface area contributed by atoms with Crippen molar-refractivity contribution in [3.05, 3.63) is 30.6 Å². The minimum atomic E-state index is -1.51. The van der Waals surface area contributed by atoms with Crippen LogP contribution < -0.4 is 10.2 Å². The quantitative estimate of drug-likeness (QED) is 0.531. The first-order valence-electron chi connectivity index (χ1n) is 4.68. The van der Waals surface area contributed by atoms with Crippen molar-refractivity contribution in [3.8, 4) is 5.75 Å². The lowest BCUT2D eigenvalue weighted by molar-refractivity contribution is 0.320. The summed E-state index contributed by atoms with van der Waals surface area (Å²) < 4.78 is 5.36. The van der Waals surface area contributed by atoms with Crippen LogP contribution in [0.1, 0.15) is 13.3 Å². The Hall–Kier alpha value is -1.33. The molecule has 1 aromatic rings. The van der Waals surface area contributed by atoms with Gasteiger partial charge in [-0.05, 0) is 13.0 Å². The highest BCUT2D eigenvalue weighted by atomic mass is 16.5. The molecular weight excluding hydrogens is 193 g/mol. The maximum Gasteiger partial charge on any atom is 0.490 e. The monoisotopic (exact) mass is 207 g/mol. The van der Waals surface area contributed by atoms with E-state index < -0.39 is 7.12 Å². The topological polar surface area (TPSA) is 62.6 Å². The van der Waals surface area contributed by atoms with Crippen molar-refractivity contribution in [2.24, 2.45) is 0 Å². The van der Waals surface area contributed by atoms with Crippen LogP contribution in [-0.4, -0.2) is 28.8 Å². The molecule has 0 bridgehead atoms. The second kappa shape index (κ2) is 5.53. The van der Waals surface area contributed by atoms with Crippen molar-refractivity contribution in [3.63, 3.8) is 0 Å². The molecule has 0 saturated carbocycles. The predicted octanol–water partition coefficient (Wildman–Crippen LogP) is 0.106. The molecule has 0 unspecified atom stereocenters. The van der Waals surface area contributed by atoms with Crippen LogP contribution in [0, 0.1) is 0 Å². The molecule has 0 saturated heterocycles. The van der Waals surface area contributed by atoms with Gasteiger partial charge in [0.1, 0.15) is 5.75 Å². The zero-order valence-corrected chi connectivity index (χ0v) is 8.68. The van der Waals surface area contributed by atoms with Gasteiger partial charge in [-0.15, -0.1) is 6.58 Å². The maximum absolute atomic E-state index is 8.91. The van der Waals surface area contributed by atoms with Gasteiger partial charge in [-0.25, -0.2) is 0 Å². The molecule has 0 aromatic carbocycles. The van der Waals surface area contributed by atoms with E-state index in [1.807, 2.05) is 6.92 Å². The molecule has 15 heavy (non-hydrogen) atoms. The number of pyridine rings is 1. The molecule has 0 aliphatic heterocycles. The maximum atomic E-state index is 8.91. The lowest BCUT2D eigenvalue weighted by Crippen LogP contribution is -2.30. The largest absolute Gasteiger partial charge is 0.492 e. The fourth-order valence-corrected chi connectivity index (χ4v) is 0.999. The van der Waals surface area contributed by atoms with E-state index in [0.29, 0.717) is 17.8 Å². The Kier molecular flexibility index (Phi) is 4.33. The Morgan fingerprint density at radius 1 is 1.53 bits per heavy atom. The van der Waals surface area contributed by atoms with Crippen LogP contribution >= 0.6 is 0 Å². The number of ether oxygens (including phenoxy) is 1. The second-order valence-corrected chi connectivity index (χ2v) is 3.38. The van der Waals surface area contributed by atoms with Crippen LogP contribution in [0.25, 0.3) is 0 Å². The number of rotatable bonds is 5. The molecule has 80 valence electrons. The van der Waals surface area contributed by atoms with E-state index in [-0.39, 0.29) is 0 Å². The normalized spacial score (nSPS) is 9.80. The molecule has 0 amide bonds. The molecule has 5 heteroatoms. The average molecular weight is 207 g/mol. The molecule has 0 aliphatic rings. The van der Waals surface area contributed by atoms with Crippen molar-refractivity contribution in [1.29, 1.82) is 0 Å². The van der Waals surface area contributed by atoms with Gasteiger partial charge in [0.2, 0.25) is 0 Å². The highest BCUT2D eigenvalue weighted by Crippen LogP contribution is 2.07. The van der Waals surface area contributed by atoms with Gasteiger partial charge in [0.25, 0.3) is 0 Å². The lowest BCUT2D eigenvalue weighted by atomic mass is 9.82. The Morgan fingerprint density at radius 3 is 2.87 bits per heavy atom. The van der Waals surface area contributed by atoms with Gasteiger partial charge in [0.05, 0.1) is 12.8 Å². The summed E-state index contributed by atoms with van der Waals surface area (Å²) in [4.78, 5) is 3.84. The van der Waals surface area contributed by atoms with E-state index >= 15 is 0 Å². The smallest absolute Gasteiger partial charge is 0.490 e. The third-order valence-corrected chi connectivity index (χ3v) is 1.83. The Balaban J connectivity index is 2.54. The molecule has 0 spiro atoms. The van der Waals surface area contributed by atoms with Crippen LogP contribution in [-0.2, 0) is 0 Å². The standard InChI is InChI=1S/C10H14BNO3/c1-8(2)3-4-15-10-5-9(11(13)14)6-12-7-10/h5-7,13-14H,1,3-4H2,2H3. The highest BCUT2D eigenvalue weighted by Gasteiger charge is 2.11. The number of hydrogen-bond donors (Lipinski definition) is 2.